The molecule has 2 N–H and O–H groups in total. The molecule has 0 bridgehead atoms. The van der Waals surface area contributed by atoms with E-state index in [-0.39, 0.29) is 17.1 Å². The minimum absolute atomic E-state index is 0.0189. The van der Waals surface area contributed by atoms with Crippen LogP contribution >= 0.6 is 0 Å². The zero-order chi connectivity index (χ0) is 15.3. The molecule has 0 aliphatic carbocycles. The van der Waals surface area contributed by atoms with Gasteiger partial charge in [-0.3, -0.25) is 9.59 Å². The van der Waals surface area contributed by atoms with Gasteiger partial charge in [-0.2, -0.15) is 8.78 Å². The van der Waals surface area contributed by atoms with Crippen molar-refractivity contribution in [2.24, 2.45) is 0 Å². The van der Waals surface area contributed by atoms with Gasteiger partial charge < -0.3 is 19.9 Å². The molecule has 0 fully saturated rings. The fourth-order valence-corrected chi connectivity index (χ4v) is 1.35. The first-order valence-electron chi connectivity index (χ1n) is 5.51. The van der Waals surface area contributed by atoms with Gasteiger partial charge in [-0.25, -0.2) is 0 Å². The van der Waals surface area contributed by atoms with Crippen molar-refractivity contribution in [1.82, 2.24) is 5.32 Å². The Kier molecular flexibility index (Phi) is 5.24. The van der Waals surface area contributed by atoms with Crippen LogP contribution in [-0.4, -0.2) is 36.7 Å². The van der Waals surface area contributed by atoms with Gasteiger partial charge in [-0.15, -0.1) is 0 Å². The Morgan fingerprint density at radius 2 is 1.95 bits per heavy atom. The molecule has 1 aromatic rings. The standard InChI is InChI=1S/C12H13F2NO5/c1-6(11(17)18)15-10(16)7-3-4-8(19-2)9(5-7)20-12(13)14/h3-6,12H,1-2H3,(H,15,16)(H,17,18)/t6-/m0/s1. The van der Waals surface area contributed by atoms with Gasteiger partial charge in [-0.05, 0) is 25.1 Å². The zero-order valence-corrected chi connectivity index (χ0v) is 10.7. The average Bonchev–Trinajstić information content (AvgIpc) is 2.37. The number of nitrogens with one attached hydrogen (secondary N) is 1. The molecule has 0 aliphatic rings. The molecule has 20 heavy (non-hydrogen) atoms. The monoisotopic (exact) mass is 289 g/mol. The summed E-state index contributed by atoms with van der Waals surface area (Å²) in [6.45, 7) is -1.79. The number of hydrogen-bond acceptors (Lipinski definition) is 4. The Morgan fingerprint density at radius 1 is 1.30 bits per heavy atom. The highest BCUT2D eigenvalue weighted by Crippen LogP contribution is 2.29. The number of halogens is 2. The molecule has 1 aromatic carbocycles. The third kappa shape index (κ3) is 4.08. The zero-order valence-electron chi connectivity index (χ0n) is 10.7. The second-order valence-corrected chi connectivity index (χ2v) is 3.78. The van der Waals surface area contributed by atoms with Gasteiger partial charge in [0.25, 0.3) is 5.91 Å². The molecule has 0 heterocycles. The first kappa shape index (κ1) is 15.7. The van der Waals surface area contributed by atoms with E-state index in [0.29, 0.717) is 0 Å². The minimum atomic E-state index is -3.07. The van der Waals surface area contributed by atoms with Crippen LogP contribution in [0.1, 0.15) is 17.3 Å². The molecule has 0 radical (unpaired) electrons. The number of carbonyl (C=O) groups excluding carboxylic acids is 1. The number of ether oxygens (including phenoxy) is 2. The van der Waals surface area contributed by atoms with Crippen molar-refractivity contribution in [3.05, 3.63) is 23.8 Å². The van der Waals surface area contributed by atoms with Gasteiger partial charge in [0.05, 0.1) is 7.11 Å². The van der Waals surface area contributed by atoms with Crippen LogP contribution in [0.15, 0.2) is 18.2 Å². The lowest BCUT2D eigenvalue weighted by Crippen LogP contribution is -2.38. The maximum absolute atomic E-state index is 12.2. The number of carboxylic acid groups (broad SMARTS) is 1. The van der Waals surface area contributed by atoms with Gasteiger partial charge in [-0.1, -0.05) is 0 Å². The van der Waals surface area contributed by atoms with Crippen molar-refractivity contribution < 1.29 is 33.0 Å². The number of benzene rings is 1. The first-order valence-corrected chi connectivity index (χ1v) is 5.51. The number of methoxy groups -OCH3 is 1. The molecule has 0 saturated heterocycles. The number of aliphatic carboxylic acids is 1. The van der Waals surface area contributed by atoms with Gasteiger partial charge in [0.15, 0.2) is 11.5 Å². The number of carbonyl (C=O) groups is 2. The largest absolute Gasteiger partial charge is 0.493 e. The number of rotatable bonds is 6. The highest BCUT2D eigenvalue weighted by Gasteiger charge is 2.18. The van der Waals surface area contributed by atoms with Crippen LogP contribution in [0.2, 0.25) is 0 Å². The second-order valence-electron chi connectivity index (χ2n) is 3.78. The Labute approximate surface area is 113 Å². The van der Waals surface area contributed by atoms with Gasteiger partial charge >= 0.3 is 12.6 Å². The number of hydrogen-bond donors (Lipinski definition) is 2. The summed E-state index contributed by atoms with van der Waals surface area (Å²) in [5, 5.41) is 10.9. The molecular weight excluding hydrogens is 276 g/mol. The van der Waals surface area contributed by atoms with Crippen molar-refractivity contribution in [3.63, 3.8) is 0 Å². The minimum Gasteiger partial charge on any atom is -0.493 e. The summed E-state index contributed by atoms with van der Waals surface area (Å²) < 4.78 is 33.5. The van der Waals surface area contributed by atoms with E-state index in [1.54, 1.807) is 0 Å². The molecule has 110 valence electrons. The molecule has 1 rings (SSSR count). The number of alkyl halides is 2. The van der Waals surface area contributed by atoms with Crippen molar-refractivity contribution in [1.29, 1.82) is 0 Å². The highest BCUT2D eigenvalue weighted by molar-refractivity contribution is 5.97. The molecule has 0 saturated carbocycles. The number of amides is 1. The molecular formula is C12H13F2NO5. The summed E-state index contributed by atoms with van der Waals surface area (Å²) in [5.74, 6) is -2.20. The summed E-state index contributed by atoms with van der Waals surface area (Å²) in [6.07, 6.45) is 0. The molecule has 6 nitrogen and oxygen atoms in total. The van der Waals surface area contributed by atoms with Crippen molar-refractivity contribution in [3.8, 4) is 11.5 Å². The first-order chi connectivity index (χ1) is 9.35. The Balaban J connectivity index is 2.96. The van der Waals surface area contributed by atoms with Crippen LogP contribution in [0.5, 0.6) is 11.5 Å². The topological polar surface area (TPSA) is 84.9 Å². The maximum atomic E-state index is 12.2. The van der Waals surface area contributed by atoms with Crippen LogP contribution in [0.3, 0.4) is 0 Å². The smallest absolute Gasteiger partial charge is 0.387 e. The van der Waals surface area contributed by atoms with E-state index < -0.39 is 24.5 Å². The SMILES string of the molecule is COc1ccc(C(=O)N[C@@H](C)C(=O)O)cc1OC(F)F. The summed E-state index contributed by atoms with van der Waals surface area (Å²) in [7, 11) is 1.26. The van der Waals surface area contributed by atoms with Gasteiger partial charge in [0.2, 0.25) is 0 Å². The summed E-state index contributed by atoms with van der Waals surface area (Å²) in [6, 6.07) is 2.53. The quantitative estimate of drug-likeness (QED) is 0.829. The Morgan fingerprint density at radius 3 is 2.45 bits per heavy atom. The number of carboxylic acids is 1. The Bertz CT molecular complexity index is 507. The van der Waals surface area contributed by atoms with E-state index in [0.717, 1.165) is 6.07 Å². The van der Waals surface area contributed by atoms with Gasteiger partial charge in [0.1, 0.15) is 6.04 Å². The van der Waals surface area contributed by atoms with Crippen molar-refractivity contribution >= 4 is 11.9 Å². The molecule has 0 unspecified atom stereocenters. The van der Waals surface area contributed by atoms with Gasteiger partial charge in [0, 0.05) is 5.56 Å². The normalized spacial score (nSPS) is 11.8. The van der Waals surface area contributed by atoms with E-state index in [2.05, 4.69) is 10.1 Å². The van der Waals surface area contributed by atoms with E-state index in [1.165, 1.54) is 26.2 Å². The van der Waals surface area contributed by atoms with Crippen LogP contribution in [0, 0.1) is 0 Å². The predicted molar refractivity (Wildman–Crippen MR) is 64.2 cm³/mol. The maximum Gasteiger partial charge on any atom is 0.387 e. The molecule has 0 aliphatic heterocycles. The summed E-state index contributed by atoms with van der Waals surface area (Å²) in [5.41, 5.74) is -0.0189. The fraction of sp³-hybridized carbons (Fsp3) is 0.333. The third-order valence-electron chi connectivity index (χ3n) is 2.36. The van der Waals surface area contributed by atoms with E-state index in [4.69, 9.17) is 9.84 Å². The van der Waals surface area contributed by atoms with Crippen LogP contribution in [0.25, 0.3) is 0 Å². The second kappa shape index (κ2) is 6.69. The molecule has 8 heteroatoms. The van der Waals surface area contributed by atoms with E-state index >= 15 is 0 Å². The highest BCUT2D eigenvalue weighted by atomic mass is 19.3. The lowest BCUT2D eigenvalue weighted by molar-refractivity contribution is -0.138. The summed E-state index contributed by atoms with van der Waals surface area (Å²) in [4.78, 5) is 22.4. The Hall–Kier alpha value is -2.38. The van der Waals surface area contributed by atoms with E-state index in [9.17, 15) is 18.4 Å². The molecule has 1 atom stereocenters. The van der Waals surface area contributed by atoms with Crippen molar-refractivity contribution in [2.75, 3.05) is 7.11 Å². The van der Waals surface area contributed by atoms with Crippen LogP contribution < -0.4 is 14.8 Å². The van der Waals surface area contributed by atoms with Crippen molar-refractivity contribution in [2.45, 2.75) is 19.6 Å². The lowest BCUT2D eigenvalue weighted by atomic mass is 10.1. The van der Waals surface area contributed by atoms with E-state index in [1.807, 2.05) is 0 Å². The molecule has 1 amide bonds. The fourth-order valence-electron chi connectivity index (χ4n) is 1.35. The van der Waals surface area contributed by atoms with Crippen LogP contribution in [-0.2, 0) is 4.79 Å². The molecule has 0 aromatic heterocycles. The summed E-state index contributed by atoms with van der Waals surface area (Å²) >= 11 is 0. The average molecular weight is 289 g/mol. The van der Waals surface area contributed by atoms with Crippen LogP contribution in [0.4, 0.5) is 8.78 Å². The molecule has 0 spiro atoms. The predicted octanol–water partition coefficient (Wildman–Crippen LogP) is 1.50. The lowest BCUT2D eigenvalue weighted by Gasteiger charge is -2.13. The third-order valence-corrected chi connectivity index (χ3v) is 2.36.